The quantitative estimate of drug-likeness (QED) is 0.587. The van der Waals surface area contributed by atoms with Gasteiger partial charge in [0.25, 0.3) is 0 Å². The van der Waals surface area contributed by atoms with Crippen LogP contribution in [0.1, 0.15) is 52.9 Å². The zero-order chi connectivity index (χ0) is 21.9. The first-order valence-electron chi connectivity index (χ1n) is 11.6. The van der Waals surface area contributed by atoms with Gasteiger partial charge in [-0.15, -0.1) is 0 Å². The summed E-state index contributed by atoms with van der Waals surface area (Å²) in [6.45, 7) is 10.2. The van der Waals surface area contributed by atoms with Crippen LogP contribution in [0.15, 0.2) is 0 Å². The van der Waals surface area contributed by atoms with Gasteiger partial charge in [0.2, 0.25) is 0 Å². The first-order valence-corrected chi connectivity index (χ1v) is 11.6. The summed E-state index contributed by atoms with van der Waals surface area (Å²) in [6.07, 6.45) is 4.85. The number of nitrogens with zero attached hydrogens (tertiary/aromatic N) is 3. The molecule has 0 aromatic rings. The maximum atomic E-state index is 12.7. The fourth-order valence-corrected chi connectivity index (χ4v) is 6.68. The summed E-state index contributed by atoms with van der Waals surface area (Å²) in [4.78, 5) is 31.2. The van der Waals surface area contributed by atoms with E-state index in [1.165, 1.54) is 0 Å². The third kappa shape index (κ3) is 3.34. The Bertz CT molecular complexity index is 713. The molecule has 0 aromatic carbocycles. The predicted molar refractivity (Wildman–Crippen MR) is 123 cm³/mol. The van der Waals surface area contributed by atoms with E-state index in [2.05, 4.69) is 42.3 Å². The van der Waals surface area contributed by atoms with Gasteiger partial charge in [-0.2, -0.15) is 0 Å². The van der Waals surface area contributed by atoms with Crippen molar-refractivity contribution in [2.24, 2.45) is 5.41 Å². The lowest BCUT2D eigenvalue weighted by Crippen LogP contribution is -2.66. The Kier molecular flexibility index (Phi) is 5.19. The molecular weight excluding hydrogens is 379 g/mol. The van der Waals surface area contributed by atoms with Gasteiger partial charge in [0, 0.05) is 45.1 Å². The summed E-state index contributed by atoms with van der Waals surface area (Å²) in [7, 11) is 6.25. The highest BCUT2D eigenvalue weighted by Crippen LogP contribution is 2.53. The molecule has 164 valence electrons. The van der Waals surface area contributed by atoms with E-state index in [9.17, 15) is 9.59 Å². The Morgan fingerprint density at radius 2 is 1.80 bits per heavy atom. The maximum absolute atomic E-state index is 12.7. The van der Waals surface area contributed by atoms with Gasteiger partial charge >= 0.3 is 12.2 Å². The molecule has 0 atom stereocenters. The van der Waals surface area contributed by atoms with Crippen LogP contribution in [0.25, 0.3) is 0 Å². The Hall–Kier alpha value is -1.31. The second-order valence-corrected chi connectivity index (χ2v) is 11.4. The molecule has 0 radical (unpaired) electrons. The molecule has 3 saturated heterocycles. The van der Waals surface area contributed by atoms with Gasteiger partial charge in [0.05, 0.1) is 12.1 Å². The molecule has 2 amide bonds. The van der Waals surface area contributed by atoms with Crippen molar-refractivity contribution in [3.63, 3.8) is 0 Å². The van der Waals surface area contributed by atoms with Crippen LogP contribution >= 0.6 is 0 Å². The van der Waals surface area contributed by atoms with Gasteiger partial charge in [0.1, 0.15) is 29.1 Å². The molecule has 1 aliphatic carbocycles. The zero-order valence-corrected chi connectivity index (χ0v) is 19.6. The highest BCUT2D eigenvalue weighted by molar-refractivity contribution is 6.59. The van der Waals surface area contributed by atoms with Crippen molar-refractivity contribution < 1.29 is 19.1 Å². The summed E-state index contributed by atoms with van der Waals surface area (Å²) in [6, 6.07) is 0.587. The molecule has 2 spiro atoms. The smallest absolute Gasteiger partial charge is 0.409 e. The number of hydrogen-bond acceptors (Lipinski definition) is 5. The van der Waals surface area contributed by atoms with Crippen molar-refractivity contribution in [2.75, 3.05) is 32.8 Å². The lowest BCUT2D eigenvalue weighted by molar-refractivity contribution is -0.0806. The molecule has 7 nitrogen and oxygen atoms in total. The predicted octanol–water partition coefficient (Wildman–Crippen LogP) is -0.427. The van der Waals surface area contributed by atoms with Crippen LogP contribution in [0, 0.1) is 5.41 Å². The van der Waals surface area contributed by atoms with Crippen LogP contribution in [-0.2, 0) is 9.47 Å². The van der Waals surface area contributed by atoms with Crippen molar-refractivity contribution in [1.29, 1.82) is 0 Å². The lowest BCUT2D eigenvalue weighted by Gasteiger charge is -2.54. The van der Waals surface area contributed by atoms with E-state index >= 15 is 0 Å². The van der Waals surface area contributed by atoms with Crippen LogP contribution in [0.5, 0.6) is 0 Å². The monoisotopic (exact) mass is 415 g/mol. The van der Waals surface area contributed by atoms with Crippen molar-refractivity contribution in [3.8, 4) is 0 Å². The van der Waals surface area contributed by atoms with Gasteiger partial charge < -0.3 is 24.2 Å². The van der Waals surface area contributed by atoms with E-state index in [-0.39, 0.29) is 28.4 Å². The fourth-order valence-electron chi connectivity index (χ4n) is 6.68. The average molecular weight is 415 g/mol. The minimum absolute atomic E-state index is 0.161. The Labute approximate surface area is 183 Å². The van der Waals surface area contributed by atoms with Crippen LogP contribution in [-0.4, -0.2) is 106 Å². The van der Waals surface area contributed by atoms with E-state index in [0.29, 0.717) is 12.6 Å². The van der Waals surface area contributed by atoms with E-state index < -0.39 is 5.60 Å². The van der Waals surface area contributed by atoms with Gasteiger partial charge in [-0.3, -0.25) is 0 Å². The summed E-state index contributed by atoms with van der Waals surface area (Å²) >= 11 is 0. The van der Waals surface area contributed by atoms with Gasteiger partial charge in [-0.25, -0.2) is 9.59 Å². The molecule has 3 heterocycles. The summed E-state index contributed by atoms with van der Waals surface area (Å²) < 4.78 is 11.3. The normalized spacial score (nSPS) is 33.0. The molecular formula is C20H36B3N3O4. The summed E-state index contributed by atoms with van der Waals surface area (Å²) in [5.74, 6) is 0. The first kappa shape index (κ1) is 21.9. The average Bonchev–Trinajstić information content (AvgIpc) is 3.12. The van der Waals surface area contributed by atoms with Crippen molar-refractivity contribution in [1.82, 2.24) is 14.7 Å². The van der Waals surface area contributed by atoms with Crippen LogP contribution in [0.3, 0.4) is 0 Å². The number of amides is 2. The zero-order valence-electron chi connectivity index (χ0n) is 19.6. The first-order chi connectivity index (χ1) is 13.9. The van der Waals surface area contributed by atoms with Crippen LogP contribution in [0.2, 0.25) is 0 Å². The molecule has 30 heavy (non-hydrogen) atoms. The molecule has 10 heteroatoms. The topological polar surface area (TPSA) is 62.3 Å². The maximum Gasteiger partial charge on any atom is 0.409 e. The molecule has 4 fully saturated rings. The largest absolute Gasteiger partial charge is 0.450 e. The molecule has 4 rings (SSSR count). The van der Waals surface area contributed by atoms with Crippen molar-refractivity contribution in [2.45, 2.75) is 75.3 Å². The SMILES string of the molecule is BC(B)(B)N1C(=O)OC2(CCN(C3CC4(CCN(C(=O)OCC)C4)C3)CC2)C1(C)C. The van der Waals surface area contributed by atoms with Crippen LogP contribution in [0.4, 0.5) is 9.59 Å². The number of rotatable bonds is 3. The third-order valence-electron chi connectivity index (χ3n) is 8.23. The van der Waals surface area contributed by atoms with Gasteiger partial charge in [-0.1, -0.05) is 0 Å². The molecule has 4 aliphatic rings. The lowest BCUT2D eigenvalue weighted by atomic mass is 9.47. The second kappa shape index (κ2) is 7.11. The van der Waals surface area contributed by atoms with Crippen LogP contribution < -0.4 is 0 Å². The minimum Gasteiger partial charge on any atom is -0.450 e. The summed E-state index contributed by atoms with van der Waals surface area (Å²) in [5, 5.41) is -0.255. The molecule has 3 aliphatic heterocycles. The summed E-state index contributed by atoms with van der Waals surface area (Å²) in [5.41, 5.74) is -0.432. The molecule has 1 saturated carbocycles. The number of carbonyl (C=O) groups is 2. The van der Waals surface area contributed by atoms with E-state index in [1.807, 2.05) is 16.7 Å². The molecule has 0 unspecified atom stereocenters. The second-order valence-electron chi connectivity index (χ2n) is 11.4. The Morgan fingerprint density at radius 3 is 2.33 bits per heavy atom. The van der Waals surface area contributed by atoms with Crippen molar-refractivity contribution in [3.05, 3.63) is 0 Å². The van der Waals surface area contributed by atoms with E-state index in [4.69, 9.17) is 9.47 Å². The number of piperidine rings is 1. The molecule has 0 N–H and O–H groups in total. The standard InChI is InChI=1S/C20H36B3N3O4/c1-4-29-15(27)25-8-5-18(13-25)11-14(12-18)24-9-6-19(7-10-24)17(2,3)26(16(28)30-19)20(21,22)23/h14H,4-13,21-23H2,1-3H3. The van der Waals surface area contributed by atoms with Crippen molar-refractivity contribution >= 4 is 35.7 Å². The van der Waals surface area contributed by atoms with E-state index in [0.717, 1.165) is 58.3 Å². The third-order valence-corrected chi connectivity index (χ3v) is 8.23. The van der Waals surface area contributed by atoms with Gasteiger partial charge in [-0.05, 0) is 50.7 Å². The molecule has 0 bridgehead atoms. The number of hydrogen-bond donors (Lipinski definition) is 0. The molecule has 0 aromatic heterocycles. The number of carbonyl (C=O) groups excluding carboxylic acids is 2. The Morgan fingerprint density at radius 1 is 1.17 bits per heavy atom. The highest BCUT2D eigenvalue weighted by Gasteiger charge is 2.63. The minimum atomic E-state index is -0.399. The number of likely N-dealkylation sites (tertiary alicyclic amines) is 2. The fraction of sp³-hybridized carbons (Fsp3) is 0.900. The van der Waals surface area contributed by atoms with Gasteiger partial charge in [0.15, 0.2) is 0 Å². The van der Waals surface area contributed by atoms with E-state index in [1.54, 1.807) is 0 Å². The highest BCUT2D eigenvalue weighted by atomic mass is 16.6. The Balaban J connectivity index is 1.34. The number of ether oxygens (including phenoxy) is 2.